The second kappa shape index (κ2) is 47.5. The smallest absolute Gasteiger partial charge is 0.220 e. The first-order chi connectivity index (χ1) is 27.7. The monoisotopic (exact) mass is 782 g/mol. The number of carbonyl (C=O) groups excluding carboxylic acids is 1. The molecule has 0 heterocycles. The largest absolute Gasteiger partial charge is 0.394 e. The minimum Gasteiger partial charge on any atom is -0.394 e. The molecule has 0 radical (unpaired) electrons. The SMILES string of the molecule is CC/C=C\C/C=C\C/C=C\CCCCCC(=O)NC(CO)C(O)/C=C/CC/C=C/CCCCCCCCCCCCCCCCCCCCCCCCCCC. The van der Waals surface area contributed by atoms with Gasteiger partial charge in [0.05, 0.1) is 18.8 Å². The molecule has 2 atom stereocenters. The van der Waals surface area contributed by atoms with Crippen LogP contribution in [0, 0.1) is 0 Å². The Kier molecular flexibility index (Phi) is 45.8. The van der Waals surface area contributed by atoms with Gasteiger partial charge in [-0.2, -0.15) is 0 Å². The molecule has 0 aliphatic heterocycles. The Morgan fingerprint density at radius 3 is 1.25 bits per heavy atom. The van der Waals surface area contributed by atoms with Gasteiger partial charge in [-0.25, -0.2) is 0 Å². The molecule has 4 heteroatoms. The summed E-state index contributed by atoms with van der Waals surface area (Å²) in [6.07, 6.45) is 66.6. The molecule has 0 aromatic rings. The molecule has 3 N–H and O–H groups in total. The highest BCUT2D eigenvalue weighted by molar-refractivity contribution is 5.76. The van der Waals surface area contributed by atoms with Gasteiger partial charge in [0.1, 0.15) is 0 Å². The zero-order valence-electron chi connectivity index (χ0n) is 37.4. The lowest BCUT2D eigenvalue weighted by molar-refractivity contribution is -0.123. The van der Waals surface area contributed by atoms with Gasteiger partial charge in [-0.05, 0) is 64.2 Å². The lowest BCUT2D eigenvalue weighted by Gasteiger charge is -2.19. The first-order valence-corrected chi connectivity index (χ1v) is 24.5. The molecule has 2 unspecified atom stereocenters. The second-order valence-corrected chi connectivity index (χ2v) is 16.5. The van der Waals surface area contributed by atoms with Crippen molar-refractivity contribution in [3.63, 3.8) is 0 Å². The fourth-order valence-electron chi connectivity index (χ4n) is 7.27. The van der Waals surface area contributed by atoms with Gasteiger partial charge in [-0.3, -0.25) is 4.79 Å². The molecule has 0 saturated heterocycles. The Balaban J connectivity index is 3.52. The normalized spacial score (nSPS) is 13.4. The maximum atomic E-state index is 12.3. The van der Waals surface area contributed by atoms with Gasteiger partial charge in [0.15, 0.2) is 0 Å². The van der Waals surface area contributed by atoms with E-state index in [1.807, 2.05) is 6.08 Å². The molecule has 0 fully saturated rings. The zero-order valence-corrected chi connectivity index (χ0v) is 37.4. The van der Waals surface area contributed by atoms with E-state index in [0.717, 1.165) is 64.2 Å². The van der Waals surface area contributed by atoms with Crippen LogP contribution in [0.4, 0.5) is 0 Å². The molecule has 0 saturated carbocycles. The van der Waals surface area contributed by atoms with Crippen molar-refractivity contribution in [2.24, 2.45) is 0 Å². The summed E-state index contributed by atoms with van der Waals surface area (Å²) < 4.78 is 0. The van der Waals surface area contributed by atoms with Gasteiger partial charge < -0.3 is 15.5 Å². The number of rotatable bonds is 44. The molecular formula is C52H95NO3. The van der Waals surface area contributed by atoms with Crippen LogP contribution in [0.2, 0.25) is 0 Å². The fraction of sp³-hybridized carbons (Fsp3) is 0.788. The summed E-state index contributed by atoms with van der Waals surface area (Å²) >= 11 is 0. The molecule has 1 amide bonds. The molecule has 0 aromatic carbocycles. The van der Waals surface area contributed by atoms with Crippen molar-refractivity contribution in [1.29, 1.82) is 0 Å². The number of amides is 1. The van der Waals surface area contributed by atoms with Crippen LogP contribution >= 0.6 is 0 Å². The number of allylic oxidation sites excluding steroid dienone is 9. The van der Waals surface area contributed by atoms with Crippen molar-refractivity contribution in [3.8, 4) is 0 Å². The molecule has 0 bridgehead atoms. The highest BCUT2D eigenvalue weighted by atomic mass is 16.3. The summed E-state index contributed by atoms with van der Waals surface area (Å²) in [6.45, 7) is 4.17. The van der Waals surface area contributed by atoms with Crippen molar-refractivity contribution < 1.29 is 15.0 Å². The predicted molar refractivity (Wildman–Crippen MR) is 248 cm³/mol. The molecule has 326 valence electrons. The highest BCUT2D eigenvalue weighted by Gasteiger charge is 2.17. The van der Waals surface area contributed by atoms with E-state index >= 15 is 0 Å². The average Bonchev–Trinajstić information content (AvgIpc) is 3.20. The zero-order chi connectivity index (χ0) is 40.7. The summed E-state index contributed by atoms with van der Waals surface area (Å²) in [5, 5.41) is 23.0. The van der Waals surface area contributed by atoms with Gasteiger partial charge >= 0.3 is 0 Å². The lowest BCUT2D eigenvalue weighted by atomic mass is 10.0. The topological polar surface area (TPSA) is 69.6 Å². The first-order valence-electron chi connectivity index (χ1n) is 24.5. The third-order valence-electron chi connectivity index (χ3n) is 11.0. The number of hydrogen-bond donors (Lipinski definition) is 3. The molecule has 0 aliphatic carbocycles. The Labute approximate surface area is 349 Å². The number of unbranched alkanes of at least 4 members (excludes halogenated alkanes) is 29. The third kappa shape index (κ3) is 43.2. The summed E-state index contributed by atoms with van der Waals surface area (Å²) in [5.74, 6) is -0.104. The van der Waals surface area contributed by atoms with E-state index in [0.29, 0.717) is 6.42 Å². The molecule has 0 spiro atoms. The van der Waals surface area contributed by atoms with E-state index in [4.69, 9.17) is 0 Å². The standard InChI is InChI=1S/C52H95NO3/c1-3-5-7-9-11-13-15-17-18-19-20-21-22-23-24-25-26-27-28-29-30-31-32-33-34-36-37-39-41-43-45-47-51(55)50(49-54)53-52(56)48-46-44-42-40-38-35-16-14-12-10-8-6-4-2/h6,8,12,14,35,37-39,45,47,50-51,54-55H,3-5,7,9-11,13,15-34,36,40-44,46,48-49H2,1-2H3,(H,53,56)/b8-6-,14-12-,38-35-,39-37+,47-45+. The van der Waals surface area contributed by atoms with Crippen molar-refractivity contribution in [3.05, 3.63) is 60.8 Å². The summed E-state index contributed by atoms with van der Waals surface area (Å²) in [5.41, 5.74) is 0. The fourth-order valence-corrected chi connectivity index (χ4v) is 7.27. The minimum atomic E-state index is -0.876. The van der Waals surface area contributed by atoms with Crippen LogP contribution in [0.25, 0.3) is 0 Å². The van der Waals surface area contributed by atoms with Crippen LogP contribution < -0.4 is 5.32 Å². The summed E-state index contributed by atoms with van der Waals surface area (Å²) in [6, 6.07) is -0.656. The first kappa shape index (κ1) is 54.1. The Bertz CT molecular complexity index is 934. The molecule has 56 heavy (non-hydrogen) atoms. The summed E-state index contributed by atoms with van der Waals surface area (Å²) in [4.78, 5) is 12.3. The molecular weight excluding hydrogens is 687 g/mol. The molecule has 0 aliphatic rings. The van der Waals surface area contributed by atoms with E-state index in [-0.39, 0.29) is 12.5 Å². The Morgan fingerprint density at radius 1 is 0.446 bits per heavy atom. The van der Waals surface area contributed by atoms with E-state index in [1.165, 1.54) is 161 Å². The maximum absolute atomic E-state index is 12.3. The second-order valence-electron chi connectivity index (χ2n) is 16.5. The molecule has 0 aromatic heterocycles. The third-order valence-corrected chi connectivity index (χ3v) is 11.0. The number of aliphatic hydroxyl groups is 2. The molecule has 0 rings (SSSR count). The predicted octanol–water partition coefficient (Wildman–Crippen LogP) is 15.7. The Hall–Kier alpha value is -1.91. The van der Waals surface area contributed by atoms with Crippen molar-refractivity contribution in [2.75, 3.05) is 6.61 Å². The Morgan fingerprint density at radius 2 is 0.804 bits per heavy atom. The van der Waals surface area contributed by atoms with Crippen LogP contribution in [-0.4, -0.2) is 34.9 Å². The van der Waals surface area contributed by atoms with Crippen LogP contribution in [0.1, 0.15) is 245 Å². The van der Waals surface area contributed by atoms with Gasteiger partial charge in [-0.15, -0.1) is 0 Å². The van der Waals surface area contributed by atoms with Crippen molar-refractivity contribution in [1.82, 2.24) is 5.32 Å². The van der Waals surface area contributed by atoms with Crippen LogP contribution in [0.5, 0.6) is 0 Å². The van der Waals surface area contributed by atoms with Crippen molar-refractivity contribution >= 4 is 5.91 Å². The van der Waals surface area contributed by atoms with Gasteiger partial charge in [0.2, 0.25) is 5.91 Å². The summed E-state index contributed by atoms with van der Waals surface area (Å²) in [7, 11) is 0. The minimum absolute atomic E-state index is 0.104. The van der Waals surface area contributed by atoms with Crippen molar-refractivity contribution in [2.45, 2.75) is 257 Å². The van der Waals surface area contributed by atoms with E-state index < -0.39 is 12.1 Å². The van der Waals surface area contributed by atoms with Gasteiger partial charge in [0.25, 0.3) is 0 Å². The van der Waals surface area contributed by atoms with Crippen LogP contribution in [0.15, 0.2) is 60.8 Å². The average molecular weight is 782 g/mol. The van der Waals surface area contributed by atoms with E-state index in [9.17, 15) is 15.0 Å². The van der Waals surface area contributed by atoms with Crippen LogP contribution in [0.3, 0.4) is 0 Å². The number of carbonyl (C=O) groups is 1. The van der Waals surface area contributed by atoms with Crippen LogP contribution in [-0.2, 0) is 4.79 Å². The lowest BCUT2D eigenvalue weighted by Crippen LogP contribution is -2.45. The van der Waals surface area contributed by atoms with E-state index in [2.05, 4.69) is 67.8 Å². The van der Waals surface area contributed by atoms with E-state index in [1.54, 1.807) is 6.08 Å². The highest BCUT2D eigenvalue weighted by Crippen LogP contribution is 2.16. The van der Waals surface area contributed by atoms with Gasteiger partial charge in [-0.1, -0.05) is 235 Å². The number of nitrogens with one attached hydrogen (secondary N) is 1. The quantitative estimate of drug-likeness (QED) is 0.0426. The number of hydrogen-bond acceptors (Lipinski definition) is 3. The maximum Gasteiger partial charge on any atom is 0.220 e. The molecule has 4 nitrogen and oxygen atoms in total. The van der Waals surface area contributed by atoms with Gasteiger partial charge in [0, 0.05) is 6.42 Å². The number of aliphatic hydroxyl groups excluding tert-OH is 2.